The zero-order chi connectivity index (χ0) is 19.6. The Bertz CT molecular complexity index is 728. The maximum absolute atomic E-state index is 12.6. The summed E-state index contributed by atoms with van der Waals surface area (Å²) in [5.74, 6) is -0.172. The van der Waals surface area contributed by atoms with Gasteiger partial charge in [0.2, 0.25) is 0 Å². The average molecular weight is 369 g/mol. The molecule has 0 radical (unpaired) electrons. The Balaban J connectivity index is 1.87. The predicted molar refractivity (Wildman–Crippen MR) is 104 cm³/mol. The Morgan fingerprint density at radius 3 is 2.30 bits per heavy atom. The summed E-state index contributed by atoms with van der Waals surface area (Å²) in [4.78, 5) is 24.6. The quantitative estimate of drug-likeness (QED) is 0.685. The minimum atomic E-state index is -0.370. The third kappa shape index (κ3) is 6.13. The first-order chi connectivity index (χ1) is 13.0. The van der Waals surface area contributed by atoms with Crippen LogP contribution in [0.1, 0.15) is 37.3 Å². The van der Waals surface area contributed by atoms with Gasteiger partial charge in [0.25, 0.3) is 5.91 Å². The van der Waals surface area contributed by atoms with E-state index in [0.717, 1.165) is 23.3 Å². The Labute approximate surface area is 160 Å². The highest BCUT2D eigenvalue weighted by atomic mass is 16.5. The smallest absolute Gasteiger partial charge is 0.314 e. The number of amides is 1. The number of hydrogen-bond acceptors (Lipinski definition) is 4. The number of carbonyl (C=O) groups is 2. The lowest BCUT2D eigenvalue weighted by atomic mass is 9.86. The molecule has 2 aromatic carbocycles. The normalized spacial score (nSPS) is 12.7. The van der Waals surface area contributed by atoms with Crippen molar-refractivity contribution in [2.45, 2.75) is 32.7 Å². The summed E-state index contributed by atoms with van der Waals surface area (Å²) in [6, 6.07) is 17.0. The minimum Gasteiger partial charge on any atom is -0.497 e. The fraction of sp³-hybridized carbons (Fsp3) is 0.364. The summed E-state index contributed by atoms with van der Waals surface area (Å²) in [7, 11) is 1.60. The van der Waals surface area contributed by atoms with Gasteiger partial charge in [-0.25, -0.2) is 0 Å². The van der Waals surface area contributed by atoms with Crippen LogP contribution >= 0.6 is 0 Å². The molecule has 0 aromatic heterocycles. The van der Waals surface area contributed by atoms with Gasteiger partial charge in [-0.05, 0) is 29.2 Å². The summed E-state index contributed by atoms with van der Waals surface area (Å²) < 4.78 is 10.4. The molecule has 0 aliphatic carbocycles. The summed E-state index contributed by atoms with van der Waals surface area (Å²) in [5.41, 5.74) is 1.85. The van der Waals surface area contributed by atoms with E-state index in [1.54, 1.807) is 7.11 Å². The molecule has 2 atom stereocenters. The van der Waals surface area contributed by atoms with Gasteiger partial charge in [-0.2, -0.15) is 0 Å². The van der Waals surface area contributed by atoms with Crippen LogP contribution in [0.5, 0.6) is 5.75 Å². The predicted octanol–water partition coefficient (Wildman–Crippen LogP) is 3.68. The standard InChI is InChI=1S/C22H27NO4/c1-4-16(2)21(18-8-6-5-7-9-18)22(25)27-15-20(24)23-14-17-10-12-19(26-3)13-11-17/h5-13,16,21H,4,14-15H2,1-3H3,(H,23,24)/t16-,21+/m0/s1. The highest BCUT2D eigenvalue weighted by molar-refractivity contribution is 5.83. The third-order valence-corrected chi connectivity index (χ3v) is 4.62. The first kappa shape index (κ1) is 20.5. The lowest BCUT2D eigenvalue weighted by Crippen LogP contribution is -2.30. The molecule has 0 aliphatic heterocycles. The molecule has 5 heteroatoms. The Morgan fingerprint density at radius 2 is 1.70 bits per heavy atom. The number of rotatable bonds is 9. The molecule has 27 heavy (non-hydrogen) atoms. The van der Waals surface area contributed by atoms with E-state index in [0.29, 0.717) is 6.54 Å². The molecule has 0 heterocycles. The van der Waals surface area contributed by atoms with Gasteiger partial charge in [-0.3, -0.25) is 9.59 Å². The van der Waals surface area contributed by atoms with Crippen LogP contribution in [-0.2, 0) is 20.9 Å². The Hall–Kier alpha value is -2.82. The summed E-state index contributed by atoms with van der Waals surface area (Å²) in [5, 5.41) is 2.76. The van der Waals surface area contributed by atoms with E-state index in [9.17, 15) is 9.59 Å². The van der Waals surface area contributed by atoms with Crippen molar-refractivity contribution in [2.75, 3.05) is 13.7 Å². The molecule has 2 rings (SSSR count). The van der Waals surface area contributed by atoms with Crippen molar-refractivity contribution in [1.82, 2.24) is 5.32 Å². The number of carbonyl (C=O) groups excluding carboxylic acids is 2. The van der Waals surface area contributed by atoms with E-state index in [1.807, 2.05) is 68.4 Å². The van der Waals surface area contributed by atoms with Crippen LogP contribution in [0.2, 0.25) is 0 Å². The van der Waals surface area contributed by atoms with Crippen LogP contribution in [-0.4, -0.2) is 25.6 Å². The topological polar surface area (TPSA) is 64.6 Å². The van der Waals surface area contributed by atoms with Crippen molar-refractivity contribution in [3.63, 3.8) is 0 Å². The zero-order valence-electron chi connectivity index (χ0n) is 16.1. The molecule has 5 nitrogen and oxygen atoms in total. The van der Waals surface area contributed by atoms with Gasteiger partial charge in [0, 0.05) is 6.54 Å². The molecule has 0 saturated heterocycles. The van der Waals surface area contributed by atoms with E-state index >= 15 is 0 Å². The second kappa shape index (κ2) is 10.4. The molecule has 1 amide bonds. The lowest BCUT2D eigenvalue weighted by Gasteiger charge is -2.21. The molecule has 0 spiro atoms. The van der Waals surface area contributed by atoms with E-state index in [-0.39, 0.29) is 30.3 Å². The molecular weight excluding hydrogens is 342 g/mol. The maximum Gasteiger partial charge on any atom is 0.314 e. The second-order valence-corrected chi connectivity index (χ2v) is 6.51. The molecule has 1 N–H and O–H groups in total. The molecule has 0 fully saturated rings. The highest BCUT2D eigenvalue weighted by Crippen LogP contribution is 2.28. The summed E-state index contributed by atoms with van der Waals surface area (Å²) in [6.45, 7) is 4.14. The highest BCUT2D eigenvalue weighted by Gasteiger charge is 2.27. The van der Waals surface area contributed by atoms with Crippen LogP contribution in [0.15, 0.2) is 54.6 Å². The number of hydrogen-bond donors (Lipinski definition) is 1. The second-order valence-electron chi connectivity index (χ2n) is 6.51. The van der Waals surface area contributed by atoms with Crippen LogP contribution in [0.4, 0.5) is 0 Å². The van der Waals surface area contributed by atoms with Gasteiger partial charge in [-0.1, -0.05) is 62.7 Å². The fourth-order valence-electron chi connectivity index (χ4n) is 2.81. The maximum atomic E-state index is 12.6. The first-order valence-corrected chi connectivity index (χ1v) is 9.16. The van der Waals surface area contributed by atoms with Crippen molar-refractivity contribution in [3.05, 3.63) is 65.7 Å². The summed E-state index contributed by atoms with van der Waals surface area (Å²) >= 11 is 0. The van der Waals surface area contributed by atoms with E-state index in [2.05, 4.69) is 5.32 Å². The van der Waals surface area contributed by atoms with Crippen molar-refractivity contribution in [1.29, 1.82) is 0 Å². The molecule has 0 aliphatic rings. The summed E-state index contributed by atoms with van der Waals surface area (Å²) in [6.07, 6.45) is 0.846. The van der Waals surface area contributed by atoms with Gasteiger partial charge >= 0.3 is 5.97 Å². The number of benzene rings is 2. The molecule has 2 aromatic rings. The van der Waals surface area contributed by atoms with E-state index < -0.39 is 0 Å². The van der Waals surface area contributed by atoms with E-state index in [4.69, 9.17) is 9.47 Å². The number of ether oxygens (including phenoxy) is 2. The van der Waals surface area contributed by atoms with Crippen molar-refractivity contribution < 1.29 is 19.1 Å². The van der Waals surface area contributed by atoms with Gasteiger partial charge < -0.3 is 14.8 Å². The molecule has 0 saturated carbocycles. The zero-order valence-corrected chi connectivity index (χ0v) is 16.1. The van der Waals surface area contributed by atoms with Gasteiger partial charge in [0.05, 0.1) is 13.0 Å². The third-order valence-electron chi connectivity index (χ3n) is 4.62. The number of esters is 1. The van der Waals surface area contributed by atoms with Crippen molar-refractivity contribution >= 4 is 11.9 Å². The van der Waals surface area contributed by atoms with Crippen molar-refractivity contribution in [2.24, 2.45) is 5.92 Å². The largest absolute Gasteiger partial charge is 0.497 e. The lowest BCUT2D eigenvalue weighted by molar-refractivity contribution is -0.151. The monoisotopic (exact) mass is 369 g/mol. The number of methoxy groups -OCH3 is 1. The molecule has 144 valence electrons. The van der Waals surface area contributed by atoms with E-state index in [1.165, 1.54) is 0 Å². The van der Waals surface area contributed by atoms with Gasteiger partial charge in [-0.15, -0.1) is 0 Å². The van der Waals surface area contributed by atoms with Crippen LogP contribution in [0, 0.1) is 5.92 Å². The molecule has 0 unspecified atom stereocenters. The molecular formula is C22H27NO4. The van der Waals surface area contributed by atoms with Gasteiger partial charge in [0.15, 0.2) is 6.61 Å². The average Bonchev–Trinajstić information content (AvgIpc) is 2.71. The fourth-order valence-corrected chi connectivity index (χ4v) is 2.81. The van der Waals surface area contributed by atoms with Crippen LogP contribution in [0.3, 0.4) is 0 Å². The first-order valence-electron chi connectivity index (χ1n) is 9.16. The van der Waals surface area contributed by atoms with Crippen LogP contribution in [0.25, 0.3) is 0 Å². The Morgan fingerprint density at radius 1 is 1.04 bits per heavy atom. The minimum absolute atomic E-state index is 0.127. The van der Waals surface area contributed by atoms with Crippen molar-refractivity contribution in [3.8, 4) is 5.75 Å². The van der Waals surface area contributed by atoms with Gasteiger partial charge in [0.1, 0.15) is 5.75 Å². The SMILES string of the molecule is CC[C@H](C)[C@@H](C(=O)OCC(=O)NCc1ccc(OC)cc1)c1ccccc1. The van der Waals surface area contributed by atoms with Crippen LogP contribution < -0.4 is 10.1 Å². The number of nitrogens with one attached hydrogen (secondary N) is 1. The Kier molecular flexibility index (Phi) is 7.86. The molecule has 0 bridgehead atoms.